The van der Waals surface area contributed by atoms with E-state index in [1.165, 1.54) is 12.3 Å². The molecule has 0 aliphatic carbocycles. The molecule has 0 atom stereocenters. The second-order valence-electron chi connectivity index (χ2n) is 4.40. The highest BCUT2D eigenvalue weighted by Gasteiger charge is 2.14. The predicted octanol–water partition coefficient (Wildman–Crippen LogP) is 2.95. The van der Waals surface area contributed by atoms with Crippen LogP contribution in [-0.4, -0.2) is 18.4 Å². The van der Waals surface area contributed by atoms with Gasteiger partial charge in [0.25, 0.3) is 11.8 Å². The zero-order chi connectivity index (χ0) is 15.9. The molecule has 2 rings (SSSR count). The van der Waals surface area contributed by atoms with Crippen molar-refractivity contribution in [2.24, 2.45) is 0 Å². The SMILES string of the molecule is CCNC(=O)C(=Cc1ccco1)NC(=O)c1cccc(Br)c1. The molecule has 0 aliphatic heterocycles. The van der Waals surface area contributed by atoms with Crippen molar-refractivity contribution in [1.29, 1.82) is 0 Å². The van der Waals surface area contributed by atoms with Crippen LogP contribution < -0.4 is 10.6 Å². The molecule has 6 heteroatoms. The molecule has 0 fully saturated rings. The molecule has 1 aromatic heterocycles. The lowest BCUT2D eigenvalue weighted by atomic mass is 10.2. The van der Waals surface area contributed by atoms with Crippen molar-refractivity contribution >= 4 is 33.8 Å². The molecule has 2 N–H and O–H groups in total. The molecule has 1 aromatic carbocycles. The third-order valence-electron chi connectivity index (χ3n) is 2.75. The van der Waals surface area contributed by atoms with E-state index in [4.69, 9.17) is 4.42 Å². The fourth-order valence-electron chi connectivity index (χ4n) is 1.75. The number of amides is 2. The Kier molecular flexibility index (Phi) is 5.55. The molecular weight excluding hydrogens is 348 g/mol. The Morgan fingerprint density at radius 2 is 2.09 bits per heavy atom. The smallest absolute Gasteiger partial charge is 0.267 e. The molecule has 22 heavy (non-hydrogen) atoms. The minimum absolute atomic E-state index is 0.127. The van der Waals surface area contributed by atoms with E-state index in [1.807, 2.05) is 6.07 Å². The van der Waals surface area contributed by atoms with Gasteiger partial charge in [-0.25, -0.2) is 0 Å². The second kappa shape index (κ2) is 7.61. The number of hydrogen-bond donors (Lipinski definition) is 2. The van der Waals surface area contributed by atoms with Crippen molar-refractivity contribution in [2.75, 3.05) is 6.54 Å². The fourth-order valence-corrected chi connectivity index (χ4v) is 2.15. The van der Waals surface area contributed by atoms with Gasteiger partial charge in [0, 0.05) is 22.7 Å². The number of halogens is 1. The van der Waals surface area contributed by atoms with E-state index in [-0.39, 0.29) is 17.5 Å². The zero-order valence-electron chi connectivity index (χ0n) is 11.9. The largest absolute Gasteiger partial charge is 0.465 e. The third kappa shape index (κ3) is 4.33. The minimum atomic E-state index is -0.373. The third-order valence-corrected chi connectivity index (χ3v) is 3.24. The van der Waals surface area contributed by atoms with Crippen molar-refractivity contribution in [3.63, 3.8) is 0 Å². The number of likely N-dealkylation sites (N-methyl/N-ethyl adjacent to an activating group) is 1. The highest BCUT2D eigenvalue weighted by Crippen LogP contribution is 2.12. The summed E-state index contributed by atoms with van der Waals surface area (Å²) < 4.78 is 5.97. The summed E-state index contributed by atoms with van der Waals surface area (Å²) >= 11 is 3.31. The molecule has 5 nitrogen and oxygen atoms in total. The first kappa shape index (κ1) is 16.0. The molecule has 0 radical (unpaired) electrons. The van der Waals surface area contributed by atoms with Crippen LogP contribution in [-0.2, 0) is 4.79 Å². The van der Waals surface area contributed by atoms with E-state index < -0.39 is 0 Å². The highest BCUT2D eigenvalue weighted by atomic mass is 79.9. The van der Waals surface area contributed by atoms with Crippen LogP contribution in [0.3, 0.4) is 0 Å². The Morgan fingerprint density at radius 1 is 1.27 bits per heavy atom. The van der Waals surface area contributed by atoms with Gasteiger partial charge in [0.15, 0.2) is 0 Å². The molecule has 2 aromatic rings. The predicted molar refractivity (Wildman–Crippen MR) is 87.0 cm³/mol. The van der Waals surface area contributed by atoms with Gasteiger partial charge < -0.3 is 15.1 Å². The summed E-state index contributed by atoms with van der Waals surface area (Å²) in [5.41, 5.74) is 0.575. The van der Waals surface area contributed by atoms with E-state index in [0.717, 1.165) is 4.47 Å². The molecular formula is C16H15BrN2O3. The van der Waals surface area contributed by atoms with E-state index in [2.05, 4.69) is 26.6 Å². The van der Waals surface area contributed by atoms with E-state index >= 15 is 0 Å². The average molecular weight is 363 g/mol. The van der Waals surface area contributed by atoms with Crippen LogP contribution in [0.5, 0.6) is 0 Å². The normalized spacial score (nSPS) is 11.1. The molecule has 1 heterocycles. The Bertz CT molecular complexity index is 693. The van der Waals surface area contributed by atoms with Crippen LogP contribution in [0.2, 0.25) is 0 Å². The van der Waals surface area contributed by atoms with Gasteiger partial charge >= 0.3 is 0 Å². The number of carbonyl (C=O) groups excluding carboxylic acids is 2. The van der Waals surface area contributed by atoms with Gasteiger partial charge in [-0.3, -0.25) is 9.59 Å². The van der Waals surface area contributed by atoms with E-state index in [1.54, 1.807) is 37.3 Å². The first-order valence-electron chi connectivity index (χ1n) is 6.70. The van der Waals surface area contributed by atoms with Gasteiger partial charge in [0.2, 0.25) is 0 Å². The molecule has 0 saturated heterocycles. The number of furan rings is 1. The monoisotopic (exact) mass is 362 g/mol. The topological polar surface area (TPSA) is 71.3 Å². The lowest BCUT2D eigenvalue weighted by Crippen LogP contribution is -2.34. The second-order valence-corrected chi connectivity index (χ2v) is 5.31. The van der Waals surface area contributed by atoms with Crippen LogP contribution >= 0.6 is 15.9 Å². The molecule has 0 unspecified atom stereocenters. The summed E-state index contributed by atoms with van der Waals surface area (Å²) in [5, 5.41) is 5.27. The number of nitrogens with one attached hydrogen (secondary N) is 2. The van der Waals surface area contributed by atoms with Crippen LogP contribution in [0, 0.1) is 0 Å². The summed E-state index contributed by atoms with van der Waals surface area (Å²) in [5.74, 6) is -0.261. The molecule has 0 aliphatic rings. The van der Waals surface area contributed by atoms with E-state index in [9.17, 15) is 9.59 Å². The molecule has 0 saturated carbocycles. The van der Waals surface area contributed by atoms with Crippen molar-refractivity contribution in [3.05, 3.63) is 64.2 Å². The van der Waals surface area contributed by atoms with Gasteiger partial charge in [0.1, 0.15) is 11.5 Å². The fraction of sp³-hybridized carbons (Fsp3) is 0.125. The Morgan fingerprint density at radius 3 is 2.73 bits per heavy atom. The molecule has 2 amide bonds. The average Bonchev–Trinajstić information content (AvgIpc) is 2.99. The van der Waals surface area contributed by atoms with Gasteiger partial charge in [-0.2, -0.15) is 0 Å². The number of benzene rings is 1. The minimum Gasteiger partial charge on any atom is -0.465 e. The van der Waals surface area contributed by atoms with Crippen molar-refractivity contribution in [3.8, 4) is 0 Å². The Hall–Kier alpha value is -2.34. The lowest BCUT2D eigenvalue weighted by molar-refractivity contribution is -0.117. The maximum absolute atomic E-state index is 12.3. The van der Waals surface area contributed by atoms with Gasteiger partial charge in [-0.05, 0) is 37.3 Å². The summed E-state index contributed by atoms with van der Waals surface area (Å²) in [4.78, 5) is 24.3. The van der Waals surface area contributed by atoms with Crippen LogP contribution in [0.4, 0.5) is 0 Å². The first-order chi connectivity index (χ1) is 10.6. The summed E-state index contributed by atoms with van der Waals surface area (Å²) in [6.45, 7) is 2.26. The number of carbonyl (C=O) groups is 2. The Labute approximate surface area is 136 Å². The summed E-state index contributed by atoms with van der Waals surface area (Å²) in [6, 6.07) is 10.3. The molecule has 114 valence electrons. The van der Waals surface area contributed by atoms with Crippen molar-refractivity contribution in [2.45, 2.75) is 6.92 Å². The van der Waals surface area contributed by atoms with Crippen molar-refractivity contribution in [1.82, 2.24) is 10.6 Å². The van der Waals surface area contributed by atoms with Gasteiger partial charge in [0.05, 0.1) is 6.26 Å². The molecule has 0 bridgehead atoms. The standard InChI is InChI=1S/C16H15BrN2O3/c1-2-18-16(21)14(10-13-7-4-8-22-13)19-15(20)11-5-3-6-12(17)9-11/h3-10H,2H2,1H3,(H,18,21)(H,19,20). The number of hydrogen-bond acceptors (Lipinski definition) is 3. The quantitative estimate of drug-likeness (QED) is 0.803. The van der Waals surface area contributed by atoms with Gasteiger partial charge in [-0.15, -0.1) is 0 Å². The summed E-state index contributed by atoms with van der Waals surface area (Å²) in [7, 11) is 0. The van der Waals surface area contributed by atoms with E-state index in [0.29, 0.717) is 17.9 Å². The van der Waals surface area contributed by atoms with Crippen LogP contribution in [0.15, 0.2) is 57.2 Å². The highest BCUT2D eigenvalue weighted by molar-refractivity contribution is 9.10. The zero-order valence-corrected chi connectivity index (χ0v) is 13.5. The molecule has 0 spiro atoms. The number of rotatable bonds is 5. The van der Waals surface area contributed by atoms with Crippen LogP contribution in [0.1, 0.15) is 23.0 Å². The van der Waals surface area contributed by atoms with Gasteiger partial charge in [-0.1, -0.05) is 22.0 Å². The summed E-state index contributed by atoms with van der Waals surface area (Å²) in [6.07, 6.45) is 2.98. The van der Waals surface area contributed by atoms with Crippen molar-refractivity contribution < 1.29 is 14.0 Å². The first-order valence-corrected chi connectivity index (χ1v) is 7.49. The van der Waals surface area contributed by atoms with Crippen LogP contribution in [0.25, 0.3) is 6.08 Å². The maximum atomic E-state index is 12.3. The maximum Gasteiger partial charge on any atom is 0.267 e. The Balaban J connectivity index is 2.23. The lowest BCUT2D eigenvalue weighted by Gasteiger charge is -2.09.